The van der Waals surface area contributed by atoms with Gasteiger partial charge in [0.2, 0.25) is 5.91 Å². The SMILES string of the molecule is CCCc1cc(NC(=O)C(C)(C)Br)n[nH]1. The first kappa shape index (κ1) is 12.2. The highest BCUT2D eigenvalue weighted by Gasteiger charge is 2.24. The topological polar surface area (TPSA) is 57.8 Å². The Balaban J connectivity index is 2.61. The number of H-pyrrole nitrogens is 1. The van der Waals surface area contributed by atoms with E-state index < -0.39 is 4.32 Å². The van der Waals surface area contributed by atoms with Crippen molar-refractivity contribution in [2.45, 2.75) is 37.9 Å². The van der Waals surface area contributed by atoms with Gasteiger partial charge in [0, 0.05) is 11.8 Å². The fourth-order valence-electron chi connectivity index (χ4n) is 1.09. The maximum absolute atomic E-state index is 11.6. The smallest absolute Gasteiger partial charge is 0.241 e. The molecule has 15 heavy (non-hydrogen) atoms. The van der Waals surface area contributed by atoms with Crippen LogP contribution in [0.3, 0.4) is 0 Å². The van der Waals surface area contributed by atoms with Gasteiger partial charge in [-0.2, -0.15) is 5.10 Å². The third-order valence-corrected chi connectivity index (χ3v) is 2.29. The third-order valence-electron chi connectivity index (χ3n) is 1.93. The second kappa shape index (κ2) is 4.79. The third kappa shape index (κ3) is 3.66. The molecule has 0 aliphatic rings. The summed E-state index contributed by atoms with van der Waals surface area (Å²) in [4.78, 5) is 11.6. The van der Waals surface area contributed by atoms with E-state index in [0.29, 0.717) is 5.82 Å². The summed E-state index contributed by atoms with van der Waals surface area (Å²) < 4.78 is -0.573. The second-order valence-electron chi connectivity index (χ2n) is 3.96. The number of aromatic nitrogens is 2. The molecular weight excluding hydrogens is 258 g/mol. The number of nitrogens with one attached hydrogen (secondary N) is 2. The summed E-state index contributed by atoms with van der Waals surface area (Å²) in [6.45, 7) is 5.69. The van der Waals surface area contributed by atoms with Crippen molar-refractivity contribution in [3.05, 3.63) is 11.8 Å². The molecule has 0 aromatic carbocycles. The Bertz CT molecular complexity index is 341. The largest absolute Gasteiger partial charge is 0.308 e. The summed E-state index contributed by atoms with van der Waals surface area (Å²) in [7, 11) is 0. The predicted molar refractivity (Wildman–Crippen MR) is 64.2 cm³/mol. The summed E-state index contributed by atoms with van der Waals surface area (Å²) in [6.07, 6.45) is 2.00. The lowest BCUT2D eigenvalue weighted by Crippen LogP contribution is -2.31. The molecule has 0 aliphatic heterocycles. The van der Waals surface area contributed by atoms with Gasteiger partial charge < -0.3 is 5.32 Å². The van der Waals surface area contributed by atoms with Crippen molar-refractivity contribution >= 4 is 27.7 Å². The maximum atomic E-state index is 11.6. The quantitative estimate of drug-likeness (QED) is 0.829. The molecule has 0 spiro atoms. The first-order valence-corrected chi connectivity index (χ1v) is 5.77. The minimum absolute atomic E-state index is 0.1000. The first-order chi connectivity index (χ1) is 6.93. The minimum atomic E-state index is -0.573. The van der Waals surface area contributed by atoms with Crippen LogP contribution in [0.1, 0.15) is 32.9 Å². The van der Waals surface area contributed by atoms with Gasteiger partial charge in [-0.25, -0.2) is 0 Å². The number of amides is 1. The number of rotatable bonds is 4. The van der Waals surface area contributed by atoms with Gasteiger partial charge in [-0.3, -0.25) is 9.89 Å². The molecule has 84 valence electrons. The van der Waals surface area contributed by atoms with Crippen LogP contribution in [0.2, 0.25) is 0 Å². The van der Waals surface area contributed by atoms with Crippen LogP contribution in [0.4, 0.5) is 5.82 Å². The van der Waals surface area contributed by atoms with Crippen molar-refractivity contribution < 1.29 is 4.79 Å². The van der Waals surface area contributed by atoms with E-state index in [-0.39, 0.29) is 5.91 Å². The molecule has 4 nitrogen and oxygen atoms in total. The highest BCUT2D eigenvalue weighted by atomic mass is 79.9. The summed E-state index contributed by atoms with van der Waals surface area (Å²) in [5.74, 6) is 0.480. The zero-order chi connectivity index (χ0) is 11.5. The van der Waals surface area contributed by atoms with Crippen molar-refractivity contribution in [3.63, 3.8) is 0 Å². The Morgan fingerprint density at radius 3 is 2.87 bits per heavy atom. The maximum Gasteiger partial charge on any atom is 0.241 e. The van der Waals surface area contributed by atoms with E-state index in [4.69, 9.17) is 0 Å². The number of anilines is 1. The van der Waals surface area contributed by atoms with Gasteiger partial charge in [-0.05, 0) is 20.3 Å². The van der Waals surface area contributed by atoms with E-state index in [0.717, 1.165) is 18.5 Å². The molecule has 1 heterocycles. The van der Waals surface area contributed by atoms with Crippen molar-refractivity contribution in [2.75, 3.05) is 5.32 Å². The Labute approximate surface area is 98.0 Å². The fourth-order valence-corrected chi connectivity index (χ4v) is 1.19. The highest BCUT2D eigenvalue weighted by molar-refractivity contribution is 9.10. The van der Waals surface area contributed by atoms with Gasteiger partial charge in [0.15, 0.2) is 5.82 Å². The summed E-state index contributed by atoms with van der Waals surface area (Å²) in [6, 6.07) is 1.86. The number of carbonyl (C=O) groups is 1. The molecule has 0 saturated heterocycles. The number of halogens is 1. The monoisotopic (exact) mass is 273 g/mol. The molecule has 1 aromatic rings. The molecular formula is C10H16BrN3O. The van der Waals surface area contributed by atoms with Gasteiger partial charge in [-0.1, -0.05) is 29.3 Å². The highest BCUT2D eigenvalue weighted by Crippen LogP contribution is 2.18. The van der Waals surface area contributed by atoms with Gasteiger partial charge in [0.25, 0.3) is 0 Å². The number of aromatic amines is 1. The van der Waals surface area contributed by atoms with Crippen LogP contribution in [0.15, 0.2) is 6.07 Å². The lowest BCUT2D eigenvalue weighted by molar-refractivity contribution is -0.117. The number of hydrogen-bond donors (Lipinski definition) is 2. The molecule has 0 unspecified atom stereocenters. The summed E-state index contributed by atoms with van der Waals surface area (Å²) >= 11 is 3.29. The Hall–Kier alpha value is -0.840. The van der Waals surface area contributed by atoms with Crippen LogP contribution < -0.4 is 5.32 Å². The van der Waals surface area contributed by atoms with Gasteiger partial charge in [0.05, 0.1) is 4.32 Å². The summed E-state index contributed by atoms with van der Waals surface area (Å²) in [5.41, 5.74) is 1.04. The molecule has 0 saturated carbocycles. The Kier molecular flexibility index (Phi) is 3.90. The van der Waals surface area contributed by atoms with Gasteiger partial charge in [-0.15, -0.1) is 0 Å². The van der Waals surface area contributed by atoms with Crippen LogP contribution in [-0.2, 0) is 11.2 Å². The zero-order valence-corrected chi connectivity index (χ0v) is 10.8. The van der Waals surface area contributed by atoms with Gasteiger partial charge in [0.1, 0.15) is 0 Å². The average Bonchev–Trinajstić information content (AvgIpc) is 2.51. The standard InChI is InChI=1S/C10H16BrN3O/c1-4-5-7-6-8(14-13-7)12-9(15)10(2,3)11/h6H,4-5H2,1-3H3,(H2,12,13,14,15). The molecule has 0 radical (unpaired) electrons. The lowest BCUT2D eigenvalue weighted by Gasteiger charge is -2.13. The van der Waals surface area contributed by atoms with Crippen molar-refractivity contribution in [1.82, 2.24) is 10.2 Å². The van der Waals surface area contributed by atoms with E-state index in [1.165, 1.54) is 0 Å². The minimum Gasteiger partial charge on any atom is -0.308 e. The lowest BCUT2D eigenvalue weighted by atomic mass is 10.2. The van der Waals surface area contributed by atoms with Crippen LogP contribution >= 0.6 is 15.9 Å². The van der Waals surface area contributed by atoms with Crippen LogP contribution in [0.5, 0.6) is 0 Å². The van der Waals surface area contributed by atoms with Crippen LogP contribution in [0.25, 0.3) is 0 Å². The number of aryl methyl sites for hydroxylation is 1. The van der Waals surface area contributed by atoms with Crippen LogP contribution in [0, 0.1) is 0 Å². The molecule has 1 amide bonds. The molecule has 0 aliphatic carbocycles. The molecule has 2 N–H and O–H groups in total. The van der Waals surface area contributed by atoms with E-state index in [2.05, 4.69) is 38.4 Å². The van der Waals surface area contributed by atoms with E-state index in [1.807, 2.05) is 6.07 Å². The fraction of sp³-hybridized carbons (Fsp3) is 0.600. The number of hydrogen-bond acceptors (Lipinski definition) is 2. The van der Waals surface area contributed by atoms with E-state index in [9.17, 15) is 4.79 Å². The average molecular weight is 274 g/mol. The van der Waals surface area contributed by atoms with Gasteiger partial charge >= 0.3 is 0 Å². The number of alkyl halides is 1. The molecule has 0 bridgehead atoms. The van der Waals surface area contributed by atoms with Crippen molar-refractivity contribution in [1.29, 1.82) is 0 Å². The summed E-state index contributed by atoms with van der Waals surface area (Å²) in [5, 5.41) is 9.63. The van der Waals surface area contributed by atoms with E-state index in [1.54, 1.807) is 13.8 Å². The van der Waals surface area contributed by atoms with E-state index >= 15 is 0 Å². The second-order valence-corrected chi connectivity index (χ2v) is 5.94. The Morgan fingerprint density at radius 1 is 1.67 bits per heavy atom. The molecule has 0 fully saturated rings. The number of nitrogens with zero attached hydrogens (tertiary/aromatic N) is 1. The molecule has 1 rings (SSSR count). The molecule has 5 heteroatoms. The molecule has 0 atom stereocenters. The molecule has 1 aromatic heterocycles. The van der Waals surface area contributed by atoms with Crippen molar-refractivity contribution in [2.24, 2.45) is 0 Å². The Morgan fingerprint density at radius 2 is 2.33 bits per heavy atom. The number of carbonyl (C=O) groups excluding carboxylic acids is 1. The first-order valence-electron chi connectivity index (χ1n) is 4.98. The van der Waals surface area contributed by atoms with Crippen LogP contribution in [-0.4, -0.2) is 20.4 Å². The van der Waals surface area contributed by atoms with Crippen molar-refractivity contribution in [3.8, 4) is 0 Å². The zero-order valence-electron chi connectivity index (χ0n) is 9.22. The normalized spacial score (nSPS) is 11.5. The predicted octanol–water partition coefficient (Wildman–Crippen LogP) is 2.47.